The van der Waals surface area contributed by atoms with E-state index in [1.165, 1.54) is 6.07 Å². The molecule has 2 amide bonds. The standard InChI is InChI=1S/C27H40BFN2O7/c1-23(2,3)35-21(32)31(22(33)36-24(4,5)6)20-30-27(11,14-15-34-20)18-16-17(12-13-19(18)29)28-37-25(7,8)26(9,10)38-28/h12-13,16H,14-15H2,1-11H3/t27-/m0/s1. The van der Waals surface area contributed by atoms with E-state index in [2.05, 4.69) is 4.99 Å². The molecule has 0 N–H and O–H groups in total. The number of hydrogen-bond donors (Lipinski definition) is 0. The van der Waals surface area contributed by atoms with E-state index in [0.29, 0.717) is 10.4 Å². The molecule has 1 aromatic carbocycles. The van der Waals surface area contributed by atoms with Gasteiger partial charge in [0, 0.05) is 12.0 Å². The summed E-state index contributed by atoms with van der Waals surface area (Å²) in [5.74, 6) is -0.501. The van der Waals surface area contributed by atoms with Crippen LogP contribution in [0.4, 0.5) is 14.0 Å². The van der Waals surface area contributed by atoms with Gasteiger partial charge < -0.3 is 23.5 Å². The van der Waals surface area contributed by atoms with Crippen molar-refractivity contribution in [2.75, 3.05) is 6.61 Å². The quantitative estimate of drug-likeness (QED) is 0.476. The molecule has 0 radical (unpaired) electrons. The van der Waals surface area contributed by atoms with Crippen molar-refractivity contribution in [3.05, 3.63) is 29.6 Å². The highest BCUT2D eigenvalue weighted by Gasteiger charge is 2.52. The molecule has 1 atom stereocenters. The average molecular weight is 534 g/mol. The number of amides is 2. The van der Waals surface area contributed by atoms with Crippen LogP contribution in [0.2, 0.25) is 0 Å². The Labute approximate surface area is 225 Å². The van der Waals surface area contributed by atoms with Gasteiger partial charge >= 0.3 is 25.3 Å². The second kappa shape index (κ2) is 9.82. The number of hydrogen-bond acceptors (Lipinski definition) is 8. The number of rotatable bonds is 2. The Hall–Kier alpha value is -2.66. The van der Waals surface area contributed by atoms with Crippen LogP contribution in [-0.2, 0) is 29.1 Å². The summed E-state index contributed by atoms with van der Waals surface area (Å²) in [5.41, 5.74) is -3.25. The fourth-order valence-corrected chi connectivity index (χ4v) is 3.88. The van der Waals surface area contributed by atoms with E-state index in [1.54, 1.807) is 60.6 Å². The van der Waals surface area contributed by atoms with Gasteiger partial charge in [-0.25, -0.2) is 19.0 Å². The van der Waals surface area contributed by atoms with Crippen LogP contribution in [0, 0.1) is 5.82 Å². The first-order valence-corrected chi connectivity index (χ1v) is 12.8. The molecule has 210 valence electrons. The van der Waals surface area contributed by atoms with Crippen LogP contribution in [0.25, 0.3) is 0 Å². The van der Waals surface area contributed by atoms with Crippen molar-refractivity contribution in [3.63, 3.8) is 0 Å². The SMILES string of the molecule is CC(C)(C)OC(=O)N(C(=O)OC(C)(C)C)C1=N[C@](C)(c2cc(B3OC(C)(C)C(C)(C)O3)ccc2F)CCO1. The molecule has 1 fully saturated rings. The third-order valence-corrected chi connectivity index (χ3v) is 6.60. The lowest BCUT2D eigenvalue weighted by Crippen LogP contribution is -2.50. The number of nitrogens with zero attached hydrogens (tertiary/aromatic N) is 2. The van der Waals surface area contributed by atoms with Crippen LogP contribution < -0.4 is 5.46 Å². The molecule has 2 aliphatic rings. The molecule has 0 saturated carbocycles. The van der Waals surface area contributed by atoms with Crippen LogP contribution in [0.5, 0.6) is 0 Å². The molecule has 3 rings (SSSR count). The zero-order valence-electron chi connectivity index (χ0n) is 24.4. The lowest BCUT2D eigenvalue weighted by Gasteiger charge is -2.35. The van der Waals surface area contributed by atoms with E-state index >= 15 is 4.39 Å². The number of aliphatic imine (C=N–C) groups is 1. The van der Waals surface area contributed by atoms with Crippen LogP contribution >= 0.6 is 0 Å². The third-order valence-electron chi connectivity index (χ3n) is 6.60. The van der Waals surface area contributed by atoms with Crippen LogP contribution in [0.3, 0.4) is 0 Å². The van der Waals surface area contributed by atoms with Crippen molar-refractivity contribution in [1.29, 1.82) is 0 Å². The number of imide groups is 1. The molecule has 0 aromatic heterocycles. The molecule has 2 aliphatic heterocycles. The number of halogens is 1. The maximum Gasteiger partial charge on any atom is 0.494 e. The van der Waals surface area contributed by atoms with E-state index in [9.17, 15) is 9.59 Å². The summed E-state index contributed by atoms with van der Waals surface area (Å²) in [5, 5.41) is 0. The largest absolute Gasteiger partial charge is 0.494 e. The number of ether oxygens (including phenoxy) is 3. The molecule has 0 aliphatic carbocycles. The first-order valence-electron chi connectivity index (χ1n) is 12.8. The van der Waals surface area contributed by atoms with E-state index in [0.717, 1.165) is 0 Å². The minimum atomic E-state index is -1.18. The first kappa shape index (κ1) is 29.9. The van der Waals surface area contributed by atoms with Crippen molar-refractivity contribution >= 4 is 30.8 Å². The maximum absolute atomic E-state index is 15.3. The van der Waals surface area contributed by atoms with E-state index in [1.807, 2.05) is 27.7 Å². The normalized spacial score (nSPS) is 22.8. The van der Waals surface area contributed by atoms with Crippen LogP contribution in [0.1, 0.15) is 88.1 Å². The summed E-state index contributed by atoms with van der Waals surface area (Å²) >= 11 is 0. The zero-order valence-corrected chi connectivity index (χ0v) is 24.4. The molecular formula is C27H40BFN2O7. The minimum Gasteiger partial charge on any atom is -0.464 e. The number of carbonyl (C=O) groups is 2. The summed E-state index contributed by atoms with van der Waals surface area (Å²) in [4.78, 5) is 31.4. The first-order chi connectivity index (χ1) is 17.1. The van der Waals surface area contributed by atoms with Gasteiger partial charge in [0.2, 0.25) is 0 Å². The molecule has 0 unspecified atom stereocenters. The Kier molecular flexibility index (Phi) is 7.73. The van der Waals surface area contributed by atoms with Gasteiger partial charge in [0.1, 0.15) is 17.0 Å². The minimum absolute atomic E-state index is 0.0671. The van der Waals surface area contributed by atoms with Crippen molar-refractivity contribution < 1.29 is 37.5 Å². The Morgan fingerprint density at radius 3 is 1.92 bits per heavy atom. The smallest absolute Gasteiger partial charge is 0.464 e. The zero-order chi connectivity index (χ0) is 28.9. The average Bonchev–Trinajstić information content (AvgIpc) is 2.92. The highest BCUT2D eigenvalue weighted by atomic mass is 19.1. The van der Waals surface area contributed by atoms with Gasteiger partial charge in [0.25, 0.3) is 0 Å². The number of carbonyl (C=O) groups excluding carboxylic acids is 2. The lowest BCUT2D eigenvalue weighted by atomic mass is 9.76. The Balaban J connectivity index is 2.03. The molecular weight excluding hydrogens is 494 g/mol. The monoisotopic (exact) mass is 534 g/mol. The highest BCUT2D eigenvalue weighted by molar-refractivity contribution is 6.62. The second-order valence-electron chi connectivity index (χ2n) is 12.9. The van der Waals surface area contributed by atoms with Crippen molar-refractivity contribution in [2.24, 2.45) is 4.99 Å². The summed E-state index contributed by atoms with van der Waals surface area (Å²) in [6.45, 7) is 19.6. The molecule has 11 heteroatoms. The Morgan fingerprint density at radius 1 is 0.947 bits per heavy atom. The summed E-state index contributed by atoms with van der Waals surface area (Å²) in [6.07, 6.45) is -1.74. The van der Waals surface area contributed by atoms with E-state index in [-0.39, 0.29) is 24.6 Å². The molecule has 9 nitrogen and oxygen atoms in total. The summed E-state index contributed by atoms with van der Waals surface area (Å²) < 4.78 is 44.1. The summed E-state index contributed by atoms with van der Waals surface area (Å²) in [7, 11) is -0.703. The molecule has 2 heterocycles. The Morgan fingerprint density at radius 2 is 1.45 bits per heavy atom. The predicted octanol–water partition coefficient (Wildman–Crippen LogP) is 5.29. The predicted molar refractivity (Wildman–Crippen MR) is 142 cm³/mol. The molecule has 1 aromatic rings. The van der Waals surface area contributed by atoms with Gasteiger partial charge in [-0.05, 0) is 87.7 Å². The van der Waals surface area contributed by atoms with Gasteiger partial charge in [-0.3, -0.25) is 0 Å². The van der Waals surface area contributed by atoms with Gasteiger partial charge in [0.05, 0.1) is 23.3 Å². The van der Waals surface area contributed by atoms with E-state index < -0.39 is 53.1 Å². The maximum atomic E-state index is 15.3. The fraction of sp³-hybridized carbons (Fsp3) is 0.667. The van der Waals surface area contributed by atoms with E-state index in [4.69, 9.17) is 23.5 Å². The molecule has 38 heavy (non-hydrogen) atoms. The van der Waals surface area contributed by atoms with Gasteiger partial charge in [-0.1, -0.05) is 12.1 Å². The Bertz CT molecular complexity index is 1080. The van der Waals surface area contributed by atoms with Crippen molar-refractivity contribution in [3.8, 4) is 0 Å². The second-order valence-corrected chi connectivity index (χ2v) is 12.9. The number of amidine groups is 1. The van der Waals surface area contributed by atoms with Crippen LogP contribution in [0.15, 0.2) is 23.2 Å². The fourth-order valence-electron chi connectivity index (χ4n) is 3.88. The number of benzene rings is 1. The van der Waals surface area contributed by atoms with Gasteiger partial charge in [-0.15, -0.1) is 4.90 Å². The van der Waals surface area contributed by atoms with Crippen LogP contribution in [-0.4, -0.2) is 59.2 Å². The third kappa shape index (κ3) is 6.48. The summed E-state index contributed by atoms with van der Waals surface area (Å²) in [6, 6.07) is 4.27. The molecule has 1 saturated heterocycles. The highest BCUT2D eigenvalue weighted by Crippen LogP contribution is 2.38. The van der Waals surface area contributed by atoms with Crippen molar-refractivity contribution in [2.45, 2.75) is 111 Å². The van der Waals surface area contributed by atoms with Crippen molar-refractivity contribution in [1.82, 2.24) is 4.90 Å². The van der Waals surface area contributed by atoms with Gasteiger partial charge in [0.15, 0.2) is 0 Å². The molecule has 0 spiro atoms. The lowest BCUT2D eigenvalue weighted by molar-refractivity contribution is 0.00578. The van der Waals surface area contributed by atoms with Gasteiger partial charge in [-0.2, -0.15) is 0 Å². The molecule has 0 bridgehead atoms. The topological polar surface area (TPSA) is 95.9 Å².